The zero-order valence-corrected chi connectivity index (χ0v) is 16.7. The molecule has 2 aromatic rings. The Hall–Kier alpha value is -1.80. The van der Waals surface area contributed by atoms with Gasteiger partial charge in [0.2, 0.25) is 0 Å². The molecule has 25 heavy (non-hydrogen) atoms. The number of phenols is 1. The number of hydrogen-bond acceptors (Lipinski definition) is 4. The Labute approximate surface area is 166 Å². The molecule has 0 unspecified atom stereocenters. The van der Waals surface area contributed by atoms with E-state index >= 15 is 0 Å². The Morgan fingerprint density at radius 1 is 0.920 bits per heavy atom. The second-order valence-electron chi connectivity index (χ2n) is 5.46. The first-order valence-electron chi connectivity index (χ1n) is 7.36. The van der Waals surface area contributed by atoms with E-state index in [4.69, 9.17) is 5.11 Å². The summed E-state index contributed by atoms with van der Waals surface area (Å²) in [4.78, 5) is 14.9. The summed E-state index contributed by atoms with van der Waals surface area (Å²) in [5, 5.41) is 18.2. The van der Waals surface area contributed by atoms with Crippen molar-refractivity contribution >= 4 is 51.3 Å². The monoisotopic (exact) mass is 476 g/mol. The van der Waals surface area contributed by atoms with Crippen molar-refractivity contribution in [3.05, 3.63) is 53.8 Å². The number of carbonyl (C=O) groups is 1. The van der Waals surface area contributed by atoms with Gasteiger partial charge in [-0.15, -0.1) is 34.0 Å². The number of halogens is 3. The van der Waals surface area contributed by atoms with Gasteiger partial charge in [0.15, 0.2) is 0 Å². The van der Waals surface area contributed by atoms with Gasteiger partial charge < -0.3 is 20.0 Å². The maximum atomic E-state index is 14.1. The third kappa shape index (κ3) is 4.85. The summed E-state index contributed by atoms with van der Waals surface area (Å²) in [5.74, 6) is -1.41. The van der Waals surface area contributed by atoms with Crippen molar-refractivity contribution in [2.24, 2.45) is 0 Å². The van der Waals surface area contributed by atoms with Gasteiger partial charge in [-0.1, -0.05) is 0 Å². The molecule has 0 amide bonds. The highest BCUT2D eigenvalue weighted by Crippen LogP contribution is 2.25. The number of carboxylic acids is 1. The zero-order chi connectivity index (χ0) is 16.4. The molecule has 0 atom stereocenters. The Balaban J connectivity index is 0.00000156. The number of hydrogen-bond donors (Lipinski definition) is 2. The first-order valence-corrected chi connectivity index (χ1v) is 7.36. The molecule has 5 nitrogen and oxygen atoms in total. The number of aromatic carboxylic acids is 1. The number of carboxylic acid groups (broad SMARTS) is 1. The second kappa shape index (κ2) is 9.05. The van der Waals surface area contributed by atoms with E-state index in [0.717, 1.165) is 24.8 Å². The SMILES string of the molecule is Br.Br.O=C(O)c1ccc(N2CCN(c3ccc(O)cc3)CC2)c(F)c1. The highest BCUT2D eigenvalue weighted by Gasteiger charge is 2.20. The van der Waals surface area contributed by atoms with Crippen molar-refractivity contribution in [3.63, 3.8) is 0 Å². The highest BCUT2D eigenvalue weighted by atomic mass is 79.9. The minimum Gasteiger partial charge on any atom is -0.508 e. The summed E-state index contributed by atoms with van der Waals surface area (Å²) >= 11 is 0. The molecule has 0 aromatic heterocycles. The number of phenolic OH excluding ortho intramolecular Hbond substituents is 1. The molecule has 1 heterocycles. The Morgan fingerprint density at radius 3 is 2.00 bits per heavy atom. The van der Waals surface area contributed by atoms with Gasteiger partial charge in [-0.25, -0.2) is 9.18 Å². The van der Waals surface area contributed by atoms with E-state index in [2.05, 4.69) is 4.90 Å². The predicted molar refractivity (Wildman–Crippen MR) is 107 cm³/mol. The van der Waals surface area contributed by atoms with Crippen LogP contribution in [0.1, 0.15) is 10.4 Å². The van der Waals surface area contributed by atoms with E-state index in [0.29, 0.717) is 18.8 Å². The lowest BCUT2D eigenvalue weighted by Crippen LogP contribution is -2.46. The lowest BCUT2D eigenvalue weighted by Gasteiger charge is -2.37. The molecule has 3 rings (SSSR count). The molecule has 136 valence electrons. The molecule has 0 aliphatic carbocycles. The molecule has 0 radical (unpaired) electrons. The van der Waals surface area contributed by atoms with E-state index in [1.54, 1.807) is 12.1 Å². The van der Waals surface area contributed by atoms with Crippen LogP contribution in [0.3, 0.4) is 0 Å². The summed E-state index contributed by atoms with van der Waals surface area (Å²) < 4.78 is 14.1. The smallest absolute Gasteiger partial charge is 0.335 e. The number of rotatable bonds is 3. The van der Waals surface area contributed by atoms with Crippen LogP contribution < -0.4 is 9.80 Å². The summed E-state index contributed by atoms with van der Waals surface area (Å²) in [5.41, 5.74) is 1.40. The molecular formula is C17H19Br2FN2O3. The van der Waals surface area contributed by atoms with Crippen molar-refractivity contribution in [2.75, 3.05) is 36.0 Å². The molecule has 1 fully saturated rings. The highest BCUT2D eigenvalue weighted by molar-refractivity contribution is 8.93. The lowest BCUT2D eigenvalue weighted by atomic mass is 10.1. The molecule has 2 N–H and O–H groups in total. The van der Waals surface area contributed by atoms with Crippen molar-refractivity contribution in [3.8, 4) is 5.75 Å². The van der Waals surface area contributed by atoms with Crippen LogP contribution in [-0.2, 0) is 0 Å². The third-order valence-corrected chi connectivity index (χ3v) is 4.03. The largest absolute Gasteiger partial charge is 0.508 e. The summed E-state index contributed by atoms with van der Waals surface area (Å²) in [7, 11) is 0. The first-order chi connectivity index (χ1) is 11.0. The third-order valence-electron chi connectivity index (χ3n) is 4.03. The molecule has 0 spiro atoms. The van der Waals surface area contributed by atoms with Crippen LogP contribution in [0.4, 0.5) is 15.8 Å². The molecule has 0 saturated carbocycles. The maximum Gasteiger partial charge on any atom is 0.335 e. The van der Waals surface area contributed by atoms with Crippen LogP contribution >= 0.6 is 34.0 Å². The van der Waals surface area contributed by atoms with E-state index in [1.807, 2.05) is 17.0 Å². The molecule has 8 heteroatoms. The van der Waals surface area contributed by atoms with Gasteiger partial charge >= 0.3 is 5.97 Å². The normalized spacial score (nSPS) is 13.6. The Kier molecular flexibility index (Phi) is 7.69. The number of aromatic hydroxyl groups is 1. The van der Waals surface area contributed by atoms with Crippen LogP contribution in [0.5, 0.6) is 5.75 Å². The van der Waals surface area contributed by atoms with Crippen molar-refractivity contribution in [1.29, 1.82) is 0 Å². The standard InChI is InChI=1S/C17H17FN2O3.2BrH/c18-15-11-12(17(22)23)1-6-16(15)20-9-7-19(8-10-20)13-2-4-14(21)5-3-13;;/h1-6,11,21H,7-10H2,(H,22,23);2*1H. The Morgan fingerprint density at radius 2 is 1.48 bits per heavy atom. The fourth-order valence-corrected chi connectivity index (χ4v) is 2.77. The van der Waals surface area contributed by atoms with Crippen LogP contribution in [0, 0.1) is 5.82 Å². The minimum absolute atomic E-state index is 0. The fourth-order valence-electron chi connectivity index (χ4n) is 2.77. The van der Waals surface area contributed by atoms with Crippen LogP contribution in [0.15, 0.2) is 42.5 Å². The number of benzene rings is 2. The van der Waals surface area contributed by atoms with Gasteiger partial charge in [-0.3, -0.25) is 0 Å². The summed E-state index contributed by atoms with van der Waals surface area (Å²) in [6, 6.07) is 11.0. The average Bonchev–Trinajstić information content (AvgIpc) is 2.56. The zero-order valence-electron chi connectivity index (χ0n) is 13.3. The molecule has 1 aliphatic heterocycles. The van der Waals surface area contributed by atoms with Crippen LogP contribution in [0.2, 0.25) is 0 Å². The van der Waals surface area contributed by atoms with Crippen molar-refractivity contribution < 1.29 is 19.4 Å². The maximum absolute atomic E-state index is 14.1. The molecular weight excluding hydrogens is 459 g/mol. The van der Waals surface area contributed by atoms with Gasteiger partial charge in [-0.05, 0) is 42.5 Å². The van der Waals surface area contributed by atoms with Crippen LogP contribution in [0.25, 0.3) is 0 Å². The first kappa shape index (κ1) is 21.2. The van der Waals surface area contributed by atoms with Crippen molar-refractivity contribution in [1.82, 2.24) is 0 Å². The molecule has 1 aliphatic rings. The summed E-state index contributed by atoms with van der Waals surface area (Å²) in [6.45, 7) is 2.74. The number of piperazine rings is 1. The van der Waals surface area contributed by atoms with Gasteiger partial charge in [0, 0.05) is 31.9 Å². The minimum atomic E-state index is -1.13. The quantitative estimate of drug-likeness (QED) is 0.705. The number of anilines is 2. The van der Waals surface area contributed by atoms with E-state index in [1.165, 1.54) is 12.1 Å². The Bertz CT molecular complexity index is 720. The number of nitrogens with zero attached hydrogens (tertiary/aromatic N) is 2. The molecule has 0 bridgehead atoms. The summed E-state index contributed by atoms with van der Waals surface area (Å²) in [6.07, 6.45) is 0. The lowest BCUT2D eigenvalue weighted by molar-refractivity contribution is 0.0696. The van der Waals surface area contributed by atoms with E-state index in [-0.39, 0.29) is 45.3 Å². The molecule has 1 saturated heterocycles. The van der Waals surface area contributed by atoms with E-state index < -0.39 is 11.8 Å². The van der Waals surface area contributed by atoms with Gasteiger partial charge in [0.25, 0.3) is 0 Å². The van der Waals surface area contributed by atoms with Gasteiger partial charge in [0.1, 0.15) is 11.6 Å². The molecule has 2 aromatic carbocycles. The average molecular weight is 478 g/mol. The topological polar surface area (TPSA) is 64.0 Å². The predicted octanol–water partition coefficient (Wildman–Crippen LogP) is 3.71. The van der Waals surface area contributed by atoms with Crippen LogP contribution in [-0.4, -0.2) is 42.4 Å². The van der Waals surface area contributed by atoms with Crippen molar-refractivity contribution in [2.45, 2.75) is 0 Å². The van der Waals surface area contributed by atoms with Gasteiger partial charge in [0.05, 0.1) is 11.3 Å². The second-order valence-corrected chi connectivity index (χ2v) is 5.46. The van der Waals surface area contributed by atoms with Gasteiger partial charge in [-0.2, -0.15) is 0 Å². The fraction of sp³-hybridized carbons (Fsp3) is 0.235. The van der Waals surface area contributed by atoms with E-state index in [9.17, 15) is 14.3 Å².